The second-order valence-electron chi connectivity index (χ2n) is 5.25. The van der Waals surface area contributed by atoms with Gasteiger partial charge in [-0.05, 0) is 5.56 Å². The highest BCUT2D eigenvalue weighted by Gasteiger charge is 2.22. The van der Waals surface area contributed by atoms with Gasteiger partial charge in [-0.15, -0.1) is 11.3 Å². The Morgan fingerprint density at radius 3 is 2.72 bits per heavy atom. The first-order valence-electron chi connectivity index (χ1n) is 7.36. The van der Waals surface area contributed by atoms with Crippen LogP contribution in [0.25, 0.3) is 11.1 Å². The van der Waals surface area contributed by atoms with Gasteiger partial charge in [0.1, 0.15) is 17.2 Å². The summed E-state index contributed by atoms with van der Waals surface area (Å²) < 4.78 is 6.72. The molecule has 0 atom stereocenters. The van der Waals surface area contributed by atoms with Gasteiger partial charge in [0, 0.05) is 29.8 Å². The third-order valence-electron chi connectivity index (χ3n) is 3.45. The molecular weight excluding hydrogens is 342 g/mol. The first-order valence-corrected chi connectivity index (χ1v) is 8.24. The topological polar surface area (TPSA) is 93.5 Å². The van der Waals surface area contributed by atoms with Gasteiger partial charge in [0.25, 0.3) is 0 Å². The van der Waals surface area contributed by atoms with Crippen LogP contribution in [-0.4, -0.2) is 26.9 Å². The zero-order chi connectivity index (χ0) is 17.8. The molecule has 128 valence electrons. The van der Waals surface area contributed by atoms with Crippen molar-refractivity contribution in [1.82, 2.24) is 9.78 Å². The summed E-state index contributed by atoms with van der Waals surface area (Å²) in [5, 5.41) is 18.0. The van der Waals surface area contributed by atoms with Crippen LogP contribution >= 0.6 is 11.3 Å². The number of anilines is 1. The van der Waals surface area contributed by atoms with Crippen molar-refractivity contribution in [2.45, 2.75) is 6.61 Å². The van der Waals surface area contributed by atoms with E-state index in [0.717, 1.165) is 16.9 Å². The molecule has 0 fully saturated rings. The summed E-state index contributed by atoms with van der Waals surface area (Å²) in [6, 6.07) is 9.23. The molecular formula is C17H15N3O4S. The van der Waals surface area contributed by atoms with Gasteiger partial charge in [-0.3, -0.25) is 10.00 Å². The molecule has 0 bridgehead atoms. The maximum atomic E-state index is 12.0. The van der Waals surface area contributed by atoms with E-state index in [4.69, 9.17) is 4.74 Å². The van der Waals surface area contributed by atoms with Gasteiger partial charge in [0.2, 0.25) is 0 Å². The molecule has 0 saturated heterocycles. The first kappa shape index (κ1) is 16.7. The molecule has 2 aromatic heterocycles. The van der Waals surface area contributed by atoms with E-state index in [1.54, 1.807) is 29.5 Å². The molecule has 8 heteroatoms. The van der Waals surface area contributed by atoms with Crippen molar-refractivity contribution < 1.29 is 19.4 Å². The van der Waals surface area contributed by atoms with Crippen LogP contribution in [0.2, 0.25) is 0 Å². The predicted molar refractivity (Wildman–Crippen MR) is 93.7 cm³/mol. The highest BCUT2D eigenvalue weighted by molar-refractivity contribution is 7.15. The molecule has 3 rings (SSSR count). The van der Waals surface area contributed by atoms with Crippen molar-refractivity contribution in [3.05, 3.63) is 59.2 Å². The normalized spacial score (nSPS) is 10.4. The van der Waals surface area contributed by atoms with Crippen LogP contribution in [0.3, 0.4) is 0 Å². The van der Waals surface area contributed by atoms with Gasteiger partial charge in [-0.1, -0.05) is 30.3 Å². The number of aromatic carboxylic acids is 1. The fourth-order valence-corrected chi connectivity index (χ4v) is 3.23. The number of amides is 1. The predicted octanol–water partition coefficient (Wildman–Crippen LogP) is 3.60. The van der Waals surface area contributed by atoms with E-state index >= 15 is 0 Å². The van der Waals surface area contributed by atoms with Gasteiger partial charge >= 0.3 is 12.1 Å². The Morgan fingerprint density at radius 2 is 2.08 bits per heavy atom. The van der Waals surface area contributed by atoms with E-state index in [1.165, 1.54) is 0 Å². The molecule has 0 spiro atoms. The van der Waals surface area contributed by atoms with E-state index < -0.39 is 12.1 Å². The summed E-state index contributed by atoms with van der Waals surface area (Å²) in [5.41, 5.74) is 2.04. The summed E-state index contributed by atoms with van der Waals surface area (Å²) in [6.07, 6.45) is 2.59. The minimum atomic E-state index is -1.13. The molecule has 2 heterocycles. The van der Waals surface area contributed by atoms with Gasteiger partial charge in [-0.2, -0.15) is 5.10 Å². The van der Waals surface area contributed by atoms with Crippen molar-refractivity contribution in [2.75, 3.05) is 5.32 Å². The lowest BCUT2D eigenvalue weighted by Gasteiger charge is -2.07. The number of aromatic nitrogens is 2. The molecule has 3 aromatic rings. The molecule has 7 nitrogen and oxygen atoms in total. The zero-order valence-electron chi connectivity index (χ0n) is 13.3. The lowest BCUT2D eigenvalue weighted by Crippen LogP contribution is -2.14. The Kier molecular flexibility index (Phi) is 4.80. The highest BCUT2D eigenvalue weighted by atomic mass is 32.1. The Morgan fingerprint density at radius 1 is 1.32 bits per heavy atom. The van der Waals surface area contributed by atoms with Crippen LogP contribution in [0.4, 0.5) is 9.80 Å². The molecule has 0 radical (unpaired) electrons. The number of hydrogen-bond acceptors (Lipinski definition) is 5. The first-order chi connectivity index (χ1) is 12.0. The molecule has 0 aliphatic rings. The Bertz CT molecular complexity index is 902. The summed E-state index contributed by atoms with van der Waals surface area (Å²) in [5.74, 6) is -1.13. The van der Waals surface area contributed by atoms with Crippen molar-refractivity contribution in [1.29, 1.82) is 0 Å². The van der Waals surface area contributed by atoms with Crippen molar-refractivity contribution in [3.8, 4) is 11.1 Å². The number of aryl methyl sites for hydroxylation is 1. The number of benzene rings is 1. The second-order valence-corrected chi connectivity index (χ2v) is 6.13. The molecule has 0 unspecified atom stereocenters. The lowest BCUT2D eigenvalue weighted by atomic mass is 10.1. The third-order valence-corrected chi connectivity index (χ3v) is 4.34. The van der Waals surface area contributed by atoms with Crippen LogP contribution in [0.15, 0.2) is 48.1 Å². The van der Waals surface area contributed by atoms with Gasteiger partial charge in [0.15, 0.2) is 0 Å². The van der Waals surface area contributed by atoms with Gasteiger partial charge < -0.3 is 9.84 Å². The monoisotopic (exact) mass is 357 g/mol. The van der Waals surface area contributed by atoms with E-state index in [0.29, 0.717) is 11.1 Å². The minimum absolute atomic E-state index is 0.0228. The standard InChI is InChI=1S/C17H15N3O4S/c1-20-8-12(7-18-20)13-10-25-15(14(13)16(21)22)19-17(23)24-9-11-5-3-2-4-6-11/h2-8,10H,9H2,1H3,(H,19,23)(H,21,22). The molecule has 2 N–H and O–H groups in total. The zero-order valence-corrected chi connectivity index (χ0v) is 14.1. The summed E-state index contributed by atoms with van der Waals surface area (Å²) in [4.78, 5) is 23.6. The van der Waals surface area contributed by atoms with Crippen molar-refractivity contribution >= 4 is 28.4 Å². The summed E-state index contributed by atoms with van der Waals surface area (Å²) >= 11 is 1.13. The van der Waals surface area contributed by atoms with Crippen LogP contribution in [0.5, 0.6) is 0 Å². The summed E-state index contributed by atoms with van der Waals surface area (Å²) in [6.45, 7) is 0.107. The number of thiophene rings is 1. The van der Waals surface area contributed by atoms with Crippen molar-refractivity contribution in [3.63, 3.8) is 0 Å². The number of rotatable bonds is 5. The van der Waals surface area contributed by atoms with E-state index in [-0.39, 0.29) is 17.2 Å². The number of carbonyl (C=O) groups excluding carboxylic acids is 1. The smallest absolute Gasteiger partial charge is 0.412 e. The Balaban J connectivity index is 1.75. The minimum Gasteiger partial charge on any atom is -0.478 e. The number of carboxylic acids is 1. The van der Waals surface area contributed by atoms with E-state index in [2.05, 4.69) is 10.4 Å². The Hall–Kier alpha value is -3.13. The largest absolute Gasteiger partial charge is 0.478 e. The number of carboxylic acid groups (broad SMARTS) is 1. The fraction of sp³-hybridized carbons (Fsp3) is 0.118. The number of hydrogen-bond donors (Lipinski definition) is 2. The highest BCUT2D eigenvalue weighted by Crippen LogP contribution is 2.35. The number of ether oxygens (including phenoxy) is 1. The quantitative estimate of drug-likeness (QED) is 0.728. The van der Waals surface area contributed by atoms with Crippen molar-refractivity contribution in [2.24, 2.45) is 7.05 Å². The molecule has 0 aliphatic carbocycles. The number of nitrogens with zero attached hydrogens (tertiary/aromatic N) is 2. The fourth-order valence-electron chi connectivity index (χ4n) is 2.29. The third kappa shape index (κ3) is 3.86. The molecule has 1 aromatic carbocycles. The SMILES string of the molecule is Cn1cc(-c2csc(NC(=O)OCc3ccccc3)c2C(=O)O)cn1. The maximum Gasteiger partial charge on any atom is 0.412 e. The van der Waals surface area contributed by atoms with Crippen LogP contribution in [0.1, 0.15) is 15.9 Å². The van der Waals surface area contributed by atoms with Crippen LogP contribution in [-0.2, 0) is 18.4 Å². The molecule has 0 aliphatic heterocycles. The van der Waals surface area contributed by atoms with E-state index in [1.807, 2.05) is 30.3 Å². The van der Waals surface area contributed by atoms with Crippen LogP contribution < -0.4 is 5.32 Å². The van der Waals surface area contributed by atoms with Crippen LogP contribution in [0, 0.1) is 0 Å². The summed E-state index contributed by atoms with van der Waals surface area (Å²) in [7, 11) is 1.75. The molecule has 25 heavy (non-hydrogen) atoms. The molecule has 0 saturated carbocycles. The van der Waals surface area contributed by atoms with Gasteiger partial charge in [-0.25, -0.2) is 9.59 Å². The maximum absolute atomic E-state index is 12.0. The number of nitrogens with one attached hydrogen (secondary N) is 1. The average molecular weight is 357 g/mol. The Labute approximate surface area is 147 Å². The lowest BCUT2D eigenvalue weighted by molar-refractivity contribution is 0.0699. The van der Waals surface area contributed by atoms with Gasteiger partial charge in [0.05, 0.1) is 6.20 Å². The number of carbonyl (C=O) groups is 2. The second kappa shape index (κ2) is 7.18. The van der Waals surface area contributed by atoms with E-state index in [9.17, 15) is 14.7 Å². The average Bonchev–Trinajstić information content (AvgIpc) is 3.20. The molecule has 1 amide bonds.